The largest absolute Gasteiger partial charge is 0.490 e. The van der Waals surface area contributed by atoms with Gasteiger partial charge < -0.3 is 15.0 Å². The molecule has 0 amide bonds. The normalized spacial score (nSPS) is 20.4. The molecule has 0 bridgehead atoms. The Morgan fingerprint density at radius 2 is 2.47 bits per heavy atom. The quantitative estimate of drug-likeness (QED) is 0.861. The average Bonchev–Trinajstić information content (AvgIpc) is 2.37. The van der Waals surface area contributed by atoms with Gasteiger partial charge in [0, 0.05) is 31.9 Å². The number of hydrogen-bond donors (Lipinski definition) is 1. The molecule has 1 aliphatic heterocycles. The number of pyridine rings is 1. The maximum atomic E-state index is 5.75. The van der Waals surface area contributed by atoms with Crippen LogP contribution >= 0.6 is 0 Å². The minimum atomic E-state index is 0.504. The first-order valence-electron chi connectivity index (χ1n) is 6.37. The Labute approximate surface area is 103 Å². The van der Waals surface area contributed by atoms with Gasteiger partial charge >= 0.3 is 0 Å². The molecule has 0 radical (unpaired) electrons. The van der Waals surface area contributed by atoms with Crippen molar-refractivity contribution in [3.8, 4) is 5.75 Å². The zero-order valence-corrected chi connectivity index (χ0v) is 10.6. The second kappa shape index (κ2) is 5.87. The van der Waals surface area contributed by atoms with E-state index in [0.29, 0.717) is 6.04 Å². The molecule has 1 aliphatic rings. The molecule has 0 aromatic carbocycles. The molecule has 1 aromatic heterocycles. The summed E-state index contributed by atoms with van der Waals surface area (Å²) in [5.41, 5.74) is 0. The van der Waals surface area contributed by atoms with Crippen molar-refractivity contribution >= 4 is 5.82 Å². The van der Waals surface area contributed by atoms with Crippen LogP contribution in [0.4, 0.5) is 5.82 Å². The number of nitrogens with one attached hydrogen (secondary N) is 1. The lowest BCUT2D eigenvalue weighted by molar-refractivity contribution is 0.315. The molecule has 17 heavy (non-hydrogen) atoms. The number of aromatic nitrogens is 1. The molecule has 1 aromatic rings. The van der Waals surface area contributed by atoms with E-state index in [4.69, 9.17) is 4.74 Å². The first kappa shape index (κ1) is 12.2. The fraction of sp³-hybridized carbons (Fsp3) is 0.615. The lowest BCUT2D eigenvalue weighted by Crippen LogP contribution is -2.49. The second-order valence-electron chi connectivity index (χ2n) is 4.47. The van der Waals surface area contributed by atoms with Crippen molar-refractivity contribution in [1.29, 1.82) is 0 Å². The molecule has 2 rings (SSSR count). The Balaban J connectivity index is 2.12. The SMILES string of the molecule is CCCOc1cccnc1N1CCNC(C)C1. The van der Waals surface area contributed by atoms with E-state index < -0.39 is 0 Å². The number of nitrogens with zero attached hydrogens (tertiary/aromatic N) is 2. The van der Waals surface area contributed by atoms with Crippen LogP contribution in [0.2, 0.25) is 0 Å². The zero-order valence-electron chi connectivity index (χ0n) is 10.6. The third kappa shape index (κ3) is 3.09. The predicted molar refractivity (Wildman–Crippen MR) is 69.7 cm³/mol. The summed E-state index contributed by atoms with van der Waals surface area (Å²) in [7, 11) is 0. The van der Waals surface area contributed by atoms with Crippen molar-refractivity contribution in [2.24, 2.45) is 0 Å². The topological polar surface area (TPSA) is 37.4 Å². The van der Waals surface area contributed by atoms with Gasteiger partial charge in [0.15, 0.2) is 11.6 Å². The lowest BCUT2D eigenvalue weighted by atomic mass is 10.2. The number of piperazine rings is 1. The molecule has 1 fully saturated rings. The van der Waals surface area contributed by atoms with Gasteiger partial charge in [0.05, 0.1) is 6.61 Å². The van der Waals surface area contributed by atoms with Crippen LogP contribution < -0.4 is 15.0 Å². The Kier molecular flexibility index (Phi) is 4.20. The second-order valence-corrected chi connectivity index (χ2v) is 4.47. The Morgan fingerprint density at radius 1 is 1.59 bits per heavy atom. The summed E-state index contributed by atoms with van der Waals surface area (Å²) in [6.45, 7) is 8.04. The van der Waals surface area contributed by atoms with Gasteiger partial charge in [-0.3, -0.25) is 0 Å². The van der Waals surface area contributed by atoms with Gasteiger partial charge in [-0.1, -0.05) is 6.92 Å². The summed E-state index contributed by atoms with van der Waals surface area (Å²) in [5.74, 6) is 1.89. The summed E-state index contributed by atoms with van der Waals surface area (Å²) in [5, 5.41) is 3.43. The molecule has 0 spiro atoms. The first-order chi connectivity index (χ1) is 8.31. The van der Waals surface area contributed by atoms with Crippen molar-refractivity contribution in [2.75, 3.05) is 31.1 Å². The van der Waals surface area contributed by atoms with Crippen LogP contribution in [0.1, 0.15) is 20.3 Å². The van der Waals surface area contributed by atoms with Crippen LogP contribution in [0.3, 0.4) is 0 Å². The van der Waals surface area contributed by atoms with Crippen LogP contribution in [0.15, 0.2) is 18.3 Å². The summed E-state index contributed by atoms with van der Waals surface area (Å²) in [6.07, 6.45) is 2.85. The fourth-order valence-electron chi connectivity index (χ4n) is 2.07. The van der Waals surface area contributed by atoms with Crippen LogP contribution in [-0.4, -0.2) is 37.3 Å². The fourth-order valence-corrected chi connectivity index (χ4v) is 2.07. The monoisotopic (exact) mass is 235 g/mol. The van der Waals surface area contributed by atoms with Gasteiger partial charge in [0.2, 0.25) is 0 Å². The Morgan fingerprint density at radius 3 is 3.24 bits per heavy atom. The van der Waals surface area contributed by atoms with Gasteiger partial charge in [-0.2, -0.15) is 0 Å². The molecule has 0 aliphatic carbocycles. The highest BCUT2D eigenvalue weighted by atomic mass is 16.5. The minimum absolute atomic E-state index is 0.504. The average molecular weight is 235 g/mol. The summed E-state index contributed by atoms with van der Waals surface area (Å²) < 4.78 is 5.75. The minimum Gasteiger partial charge on any atom is -0.490 e. The summed E-state index contributed by atoms with van der Waals surface area (Å²) in [4.78, 5) is 6.76. The van der Waals surface area contributed by atoms with E-state index in [1.807, 2.05) is 18.3 Å². The van der Waals surface area contributed by atoms with Crippen molar-refractivity contribution in [1.82, 2.24) is 10.3 Å². The molecular weight excluding hydrogens is 214 g/mol. The summed E-state index contributed by atoms with van der Waals surface area (Å²) in [6, 6.07) is 4.44. The lowest BCUT2D eigenvalue weighted by Gasteiger charge is -2.33. The van der Waals surface area contributed by atoms with Gasteiger partial charge in [-0.05, 0) is 25.5 Å². The highest BCUT2D eigenvalue weighted by Gasteiger charge is 2.19. The number of ether oxygens (including phenoxy) is 1. The van der Waals surface area contributed by atoms with E-state index in [9.17, 15) is 0 Å². The standard InChI is InChI=1S/C13H21N3O/c1-3-9-17-12-5-4-6-15-13(12)16-8-7-14-11(2)10-16/h4-6,11,14H,3,7-10H2,1-2H3. The van der Waals surface area contributed by atoms with Gasteiger partial charge in [-0.25, -0.2) is 4.98 Å². The van der Waals surface area contributed by atoms with E-state index in [1.165, 1.54) is 0 Å². The molecule has 1 unspecified atom stereocenters. The molecule has 0 saturated carbocycles. The van der Waals surface area contributed by atoms with Gasteiger partial charge in [-0.15, -0.1) is 0 Å². The Bertz CT molecular complexity index is 356. The van der Waals surface area contributed by atoms with Crippen molar-refractivity contribution < 1.29 is 4.74 Å². The zero-order chi connectivity index (χ0) is 12.1. The maximum Gasteiger partial charge on any atom is 0.171 e. The molecule has 1 saturated heterocycles. The van der Waals surface area contributed by atoms with E-state index in [2.05, 4.69) is 29.0 Å². The van der Waals surface area contributed by atoms with Gasteiger partial charge in [0.25, 0.3) is 0 Å². The first-order valence-corrected chi connectivity index (χ1v) is 6.37. The van der Waals surface area contributed by atoms with Crippen LogP contribution in [-0.2, 0) is 0 Å². The maximum absolute atomic E-state index is 5.75. The molecule has 94 valence electrons. The van der Waals surface area contributed by atoms with E-state index in [1.54, 1.807) is 0 Å². The molecule has 2 heterocycles. The molecule has 1 N–H and O–H groups in total. The van der Waals surface area contributed by atoms with Crippen molar-refractivity contribution in [2.45, 2.75) is 26.3 Å². The van der Waals surface area contributed by atoms with Crippen LogP contribution in [0.5, 0.6) is 5.75 Å². The highest BCUT2D eigenvalue weighted by Crippen LogP contribution is 2.26. The van der Waals surface area contributed by atoms with Crippen molar-refractivity contribution in [3.63, 3.8) is 0 Å². The highest BCUT2D eigenvalue weighted by molar-refractivity contribution is 5.52. The number of anilines is 1. The van der Waals surface area contributed by atoms with Crippen molar-refractivity contribution in [3.05, 3.63) is 18.3 Å². The van der Waals surface area contributed by atoms with E-state index in [0.717, 1.165) is 44.2 Å². The van der Waals surface area contributed by atoms with E-state index >= 15 is 0 Å². The van der Waals surface area contributed by atoms with Crippen LogP contribution in [0, 0.1) is 0 Å². The molecule has 1 atom stereocenters. The number of rotatable bonds is 4. The van der Waals surface area contributed by atoms with Gasteiger partial charge in [0.1, 0.15) is 0 Å². The third-order valence-corrected chi connectivity index (χ3v) is 2.88. The summed E-state index contributed by atoms with van der Waals surface area (Å²) >= 11 is 0. The van der Waals surface area contributed by atoms with E-state index in [-0.39, 0.29) is 0 Å². The predicted octanol–water partition coefficient (Wildman–Crippen LogP) is 1.67. The van der Waals surface area contributed by atoms with Crippen LogP contribution in [0.25, 0.3) is 0 Å². The smallest absolute Gasteiger partial charge is 0.171 e. The molecule has 4 heteroatoms. The Hall–Kier alpha value is -1.29. The number of hydrogen-bond acceptors (Lipinski definition) is 4. The third-order valence-electron chi connectivity index (χ3n) is 2.88. The molecular formula is C13H21N3O. The molecule has 4 nitrogen and oxygen atoms in total.